The van der Waals surface area contributed by atoms with E-state index in [0.717, 1.165) is 0 Å². The molecule has 0 aromatic rings. The molecule has 140 valence electrons. The predicted octanol–water partition coefficient (Wildman–Crippen LogP) is 1.25. The lowest BCUT2D eigenvalue weighted by atomic mass is 10.1. The number of carbonyl (C=O) groups excluding carboxylic acids is 5. The third-order valence-corrected chi connectivity index (χ3v) is 3.26. The minimum atomic E-state index is -0.919. The van der Waals surface area contributed by atoms with Crippen molar-refractivity contribution in [1.82, 2.24) is 10.4 Å². The highest BCUT2D eigenvalue weighted by Crippen LogP contribution is 2.14. The number of Topliss-reactive ketones (excluding diaryl/α,β-unsaturated/α-hetero) is 1. The van der Waals surface area contributed by atoms with Gasteiger partial charge in [0.1, 0.15) is 5.60 Å². The van der Waals surface area contributed by atoms with Gasteiger partial charge in [0.15, 0.2) is 5.78 Å². The summed E-state index contributed by atoms with van der Waals surface area (Å²) in [6.07, 6.45) is -0.868. The summed E-state index contributed by atoms with van der Waals surface area (Å²) in [5.74, 6) is -2.26. The van der Waals surface area contributed by atoms with Gasteiger partial charge in [-0.3, -0.25) is 14.4 Å². The van der Waals surface area contributed by atoms with Crippen LogP contribution in [0.5, 0.6) is 0 Å². The summed E-state index contributed by atoms with van der Waals surface area (Å²) in [5, 5.41) is 2.87. The molecule has 25 heavy (non-hydrogen) atoms. The maximum absolute atomic E-state index is 11.9. The highest BCUT2D eigenvalue weighted by atomic mass is 16.7. The second-order valence-corrected chi connectivity index (χ2v) is 6.60. The molecule has 0 bridgehead atoms. The predicted molar refractivity (Wildman–Crippen MR) is 84.9 cm³/mol. The fourth-order valence-electron chi connectivity index (χ4n) is 2.08. The van der Waals surface area contributed by atoms with E-state index in [1.54, 1.807) is 27.7 Å². The normalized spacial score (nSPS) is 15.8. The van der Waals surface area contributed by atoms with Crippen LogP contribution in [0.2, 0.25) is 0 Å². The van der Waals surface area contributed by atoms with Gasteiger partial charge in [-0.25, -0.2) is 9.59 Å². The lowest BCUT2D eigenvalue weighted by Crippen LogP contribution is -2.43. The molecule has 0 aromatic carbocycles. The standard InChI is InChI=1S/C16H24N2O7/c1-5-11(19)10(17-15(23)24-16(2,3)4)6-9-14(22)25-18-12(20)7-8-13(18)21/h10H,5-9H2,1-4H3,(H,17,23). The topological polar surface area (TPSA) is 119 Å². The van der Waals surface area contributed by atoms with Gasteiger partial charge >= 0.3 is 12.1 Å². The zero-order valence-electron chi connectivity index (χ0n) is 14.9. The highest BCUT2D eigenvalue weighted by molar-refractivity contribution is 6.01. The van der Waals surface area contributed by atoms with Gasteiger partial charge in [0, 0.05) is 19.3 Å². The van der Waals surface area contributed by atoms with E-state index in [-0.39, 0.29) is 37.9 Å². The highest BCUT2D eigenvalue weighted by Gasteiger charge is 2.33. The minimum Gasteiger partial charge on any atom is -0.444 e. The zero-order valence-corrected chi connectivity index (χ0v) is 14.9. The first-order chi connectivity index (χ1) is 11.5. The molecule has 1 heterocycles. The second-order valence-electron chi connectivity index (χ2n) is 6.60. The molecule has 1 aliphatic heterocycles. The first-order valence-corrected chi connectivity index (χ1v) is 8.12. The first-order valence-electron chi connectivity index (χ1n) is 8.12. The van der Waals surface area contributed by atoms with Gasteiger partial charge in [0.2, 0.25) is 0 Å². The second kappa shape index (κ2) is 8.59. The molecular weight excluding hydrogens is 332 g/mol. The number of nitrogens with one attached hydrogen (secondary N) is 1. The van der Waals surface area contributed by atoms with Crippen molar-refractivity contribution in [3.05, 3.63) is 0 Å². The molecule has 1 unspecified atom stereocenters. The van der Waals surface area contributed by atoms with Crippen molar-refractivity contribution in [2.75, 3.05) is 0 Å². The van der Waals surface area contributed by atoms with E-state index in [1.165, 1.54) is 0 Å². The molecule has 0 saturated carbocycles. The third kappa shape index (κ3) is 6.90. The summed E-state index contributed by atoms with van der Waals surface area (Å²) >= 11 is 0. The van der Waals surface area contributed by atoms with Crippen molar-refractivity contribution in [2.45, 2.75) is 71.4 Å². The van der Waals surface area contributed by atoms with Crippen molar-refractivity contribution in [1.29, 1.82) is 0 Å². The van der Waals surface area contributed by atoms with Gasteiger partial charge in [0.25, 0.3) is 11.8 Å². The number of rotatable bonds is 7. The number of amides is 3. The maximum atomic E-state index is 11.9. The van der Waals surface area contributed by atoms with Crippen LogP contribution in [-0.4, -0.2) is 46.4 Å². The van der Waals surface area contributed by atoms with Gasteiger partial charge < -0.3 is 14.9 Å². The Labute approximate surface area is 146 Å². The number of ketones is 1. The van der Waals surface area contributed by atoms with E-state index < -0.39 is 35.5 Å². The molecule has 3 amide bonds. The molecule has 0 radical (unpaired) electrons. The molecule has 0 aliphatic carbocycles. The quantitative estimate of drug-likeness (QED) is 0.682. The van der Waals surface area contributed by atoms with Crippen molar-refractivity contribution >= 4 is 29.7 Å². The molecule has 1 saturated heterocycles. The molecule has 1 aliphatic rings. The van der Waals surface area contributed by atoms with Gasteiger partial charge in [-0.15, -0.1) is 5.06 Å². The Morgan fingerprint density at radius 2 is 1.72 bits per heavy atom. The Morgan fingerprint density at radius 3 is 2.20 bits per heavy atom. The van der Waals surface area contributed by atoms with Crippen molar-refractivity contribution < 1.29 is 33.5 Å². The number of ether oxygens (including phenoxy) is 1. The first kappa shape index (κ1) is 20.6. The summed E-state index contributed by atoms with van der Waals surface area (Å²) in [7, 11) is 0. The monoisotopic (exact) mass is 356 g/mol. The van der Waals surface area contributed by atoms with E-state index in [9.17, 15) is 24.0 Å². The molecule has 0 aromatic heterocycles. The number of nitrogens with zero attached hydrogens (tertiary/aromatic N) is 1. The Hall–Kier alpha value is -2.45. The van der Waals surface area contributed by atoms with Crippen LogP contribution in [0.15, 0.2) is 0 Å². The molecule has 1 fully saturated rings. The summed E-state index contributed by atoms with van der Waals surface area (Å²) in [4.78, 5) is 63.0. The Bertz CT molecular complexity index is 549. The van der Waals surface area contributed by atoms with Crippen LogP contribution in [0.4, 0.5) is 4.79 Å². The Morgan fingerprint density at radius 1 is 1.16 bits per heavy atom. The number of hydrogen-bond acceptors (Lipinski definition) is 7. The van der Waals surface area contributed by atoms with Crippen molar-refractivity contribution in [3.8, 4) is 0 Å². The summed E-state index contributed by atoms with van der Waals surface area (Å²) in [5.41, 5.74) is -0.723. The van der Waals surface area contributed by atoms with Gasteiger partial charge in [-0.2, -0.15) is 0 Å². The molecule has 0 spiro atoms. The van der Waals surface area contributed by atoms with Crippen LogP contribution >= 0.6 is 0 Å². The van der Waals surface area contributed by atoms with E-state index >= 15 is 0 Å². The fraction of sp³-hybridized carbons (Fsp3) is 0.688. The van der Waals surface area contributed by atoms with Crippen LogP contribution in [0.1, 0.15) is 59.8 Å². The smallest absolute Gasteiger partial charge is 0.408 e. The summed E-state index contributed by atoms with van der Waals surface area (Å²) < 4.78 is 5.09. The van der Waals surface area contributed by atoms with Gasteiger partial charge in [-0.1, -0.05) is 6.92 Å². The van der Waals surface area contributed by atoms with Crippen LogP contribution < -0.4 is 5.32 Å². The number of hydrogen-bond donors (Lipinski definition) is 1. The Balaban J connectivity index is 2.56. The average Bonchev–Trinajstić information content (AvgIpc) is 2.80. The van der Waals surface area contributed by atoms with Crippen LogP contribution in [0, 0.1) is 0 Å². The number of carbonyl (C=O) groups is 5. The van der Waals surface area contributed by atoms with E-state index in [2.05, 4.69) is 5.32 Å². The van der Waals surface area contributed by atoms with E-state index in [0.29, 0.717) is 5.06 Å². The number of alkyl carbamates (subject to hydrolysis) is 1. The van der Waals surface area contributed by atoms with Crippen molar-refractivity contribution in [3.63, 3.8) is 0 Å². The lowest BCUT2D eigenvalue weighted by Gasteiger charge is -2.23. The molecule has 1 atom stereocenters. The van der Waals surface area contributed by atoms with Gasteiger partial charge in [-0.05, 0) is 27.2 Å². The molecule has 9 nitrogen and oxygen atoms in total. The minimum absolute atomic E-state index is 0.00323. The summed E-state index contributed by atoms with van der Waals surface area (Å²) in [6.45, 7) is 6.69. The van der Waals surface area contributed by atoms with Crippen LogP contribution in [0.25, 0.3) is 0 Å². The third-order valence-electron chi connectivity index (χ3n) is 3.26. The SMILES string of the molecule is CCC(=O)C(CCC(=O)ON1C(=O)CCC1=O)NC(=O)OC(C)(C)C. The maximum Gasteiger partial charge on any atom is 0.408 e. The van der Waals surface area contributed by atoms with Crippen LogP contribution in [0.3, 0.4) is 0 Å². The number of imide groups is 1. The summed E-state index contributed by atoms with van der Waals surface area (Å²) in [6, 6.07) is -0.919. The fourth-order valence-corrected chi connectivity index (χ4v) is 2.08. The molecule has 1 rings (SSSR count). The molecule has 9 heteroatoms. The van der Waals surface area contributed by atoms with Crippen LogP contribution in [-0.2, 0) is 28.8 Å². The molecular formula is C16H24N2O7. The number of hydroxylamine groups is 2. The lowest BCUT2D eigenvalue weighted by molar-refractivity contribution is -0.197. The molecule has 1 N–H and O–H groups in total. The van der Waals surface area contributed by atoms with E-state index in [4.69, 9.17) is 9.57 Å². The van der Waals surface area contributed by atoms with Gasteiger partial charge in [0.05, 0.1) is 12.5 Å². The van der Waals surface area contributed by atoms with E-state index in [1.807, 2.05) is 0 Å². The zero-order chi connectivity index (χ0) is 19.2. The Kier molecular flexibility index (Phi) is 7.08. The largest absolute Gasteiger partial charge is 0.444 e. The average molecular weight is 356 g/mol. The van der Waals surface area contributed by atoms with Crippen molar-refractivity contribution in [2.24, 2.45) is 0 Å².